The zero-order valence-electron chi connectivity index (χ0n) is 8.39. The van der Waals surface area contributed by atoms with E-state index in [9.17, 15) is 9.59 Å². The molecule has 0 spiro atoms. The molecular weight excluding hydrogens is 170 g/mol. The third-order valence-corrected chi connectivity index (χ3v) is 1.55. The highest BCUT2D eigenvalue weighted by Gasteiger charge is 2.23. The van der Waals surface area contributed by atoms with Crippen LogP contribution in [0.5, 0.6) is 0 Å². The van der Waals surface area contributed by atoms with E-state index < -0.39 is 11.5 Å². The summed E-state index contributed by atoms with van der Waals surface area (Å²) in [7, 11) is 0. The van der Waals surface area contributed by atoms with Crippen molar-refractivity contribution < 1.29 is 14.7 Å². The SMILES string of the molecule is CCCC(=O)NC(C)(C)CC(=O)O. The monoisotopic (exact) mass is 187 g/mol. The van der Waals surface area contributed by atoms with Crippen molar-refractivity contribution in [2.45, 2.75) is 45.6 Å². The summed E-state index contributed by atoms with van der Waals surface area (Å²) < 4.78 is 0. The number of aliphatic carboxylic acids is 1. The van der Waals surface area contributed by atoms with Crippen LogP contribution >= 0.6 is 0 Å². The van der Waals surface area contributed by atoms with Gasteiger partial charge in [-0.1, -0.05) is 6.92 Å². The first-order valence-electron chi connectivity index (χ1n) is 4.40. The van der Waals surface area contributed by atoms with Crippen molar-refractivity contribution in [3.05, 3.63) is 0 Å². The lowest BCUT2D eigenvalue weighted by Crippen LogP contribution is -2.44. The Balaban J connectivity index is 4.00. The van der Waals surface area contributed by atoms with Crippen LogP contribution < -0.4 is 5.32 Å². The van der Waals surface area contributed by atoms with E-state index in [2.05, 4.69) is 5.32 Å². The maximum Gasteiger partial charge on any atom is 0.305 e. The molecule has 0 fully saturated rings. The lowest BCUT2D eigenvalue weighted by molar-refractivity contribution is -0.138. The van der Waals surface area contributed by atoms with Gasteiger partial charge < -0.3 is 10.4 Å². The molecular formula is C9H17NO3. The third kappa shape index (κ3) is 6.13. The van der Waals surface area contributed by atoms with Crippen molar-refractivity contribution in [1.82, 2.24) is 5.32 Å². The highest BCUT2D eigenvalue weighted by molar-refractivity contribution is 5.78. The van der Waals surface area contributed by atoms with Crippen LogP contribution in [0, 0.1) is 0 Å². The molecule has 13 heavy (non-hydrogen) atoms. The Morgan fingerprint density at radius 1 is 1.38 bits per heavy atom. The van der Waals surface area contributed by atoms with Gasteiger partial charge in [-0.05, 0) is 20.3 Å². The van der Waals surface area contributed by atoms with E-state index in [0.717, 1.165) is 6.42 Å². The van der Waals surface area contributed by atoms with Gasteiger partial charge in [-0.2, -0.15) is 0 Å². The fourth-order valence-electron chi connectivity index (χ4n) is 1.09. The number of nitrogens with one attached hydrogen (secondary N) is 1. The maximum absolute atomic E-state index is 11.1. The van der Waals surface area contributed by atoms with Crippen LogP contribution in [-0.2, 0) is 9.59 Å². The number of carboxylic acids is 1. The Morgan fingerprint density at radius 2 is 1.92 bits per heavy atom. The minimum absolute atomic E-state index is 0.0531. The van der Waals surface area contributed by atoms with E-state index in [1.54, 1.807) is 13.8 Å². The summed E-state index contributed by atoms with van der Waals surface area (Å²) in [5.74, 6) is -0.990. The van der Waals surface area contributed by atoms with Crippen molar-refractivity contribution in [2.24, 2.45) is 0 Å². The quantitative estimate of drug-likeness (QED) is 0.678. The van der Waals surface area contributed by atoms with Crippen LogP contribution in [0.3, 0.4) is 0 Å². The average Bonchev–Trinajstić information content (AvgIpc) is 1.81. The number of carbonyl (C=O) groups is 2. The molecule has 0 aliphatic rings. The topological polar surface area (TPSA) is 66.4 Å². The van der Waals surface area contributed by atoms with Crippen molar-refractivity contribution in [3.8, 4) is 0 Å². The van der Waals surface area contributed by atoms with Crippen molar-refractivity contribution >= 4 is 11.9 Å². The summed E-state index contributed by atoms with van der Waals surface area (Å²) in [6.07, 6.45) is 1.17. The normalized spacial score (nSPS) is 11.0. The Bertz CT molecular complexity index is 199. The van der Waals surface area contributed by atoms with E-state index in [0.29, 0.717) is 6.42 Å². The Morgan fingerprint density at radius 3 is 2.31 bits per heavy atom. The number of hydrogen-bond donors (Lipinski definition) is 2. The Hall–Kier alpha value is -1.06. The predicted octanol–water partition coefficient (Wildman–Crippen LogP) is 1.16. The molecule has 0 aliphatic heterocycles. The van der Waals surface area contributed by atoms with Crippen LogP contribution in [0.1, 0.15) is 40.0 Å². The molecule has 0 aromatic heterocycles. The lowest BCUT2D eigenvalue weighted by Gasteiger charge is -2.24. The molecule has 4 heteroatoms. The van der Waals surface area contributed by atoms with Crippen molar-refractivity contribution in [2.75, 3.05) is 0 Å². The zero-order chi connectivity index (χ0) is 10.5. The minimum atomic E-state index is -0.901. The molecule has 0 aromatic carbocycles. The molecule has 1 amide bonds. The molecule has 0 heterocycles. The summed E-state index contributed by atoms with van der Waals surface area (Å²) in [6, 6.07) is 0. The molecule has 76 valence electrons. The van der Waals surface area contributed by atoms with Gasteiger partial charge in [-0.3, -0.25) is 9.59 Å². The second kappa shape index (κ2) is 4.84. The maximum atomic E-state index is 11.1. The van der Waals surface area contributed by atoms with Crippen LogP contribution in [0.2, 0.25) is 0 Å². The van der Waals surface area contributed by atoms with Gasteiger partial charge in [-0.25, -0.2) is 0 Å². The summed E-state index contributed by atoms with van der Waals surface area (Å²) in [4.78, 5) is 21.5. The van der Waals surface area contributed by atoms with Crippen LogP contribution in [0.15, 0.2) is 0 Å². The molecule has 0 saturated heterocycles. The largest absolute Gasteiger partial charge is 0.481 e. The predicted molar refractivity (Wildman–Crippen MR) is 49.4 cm³/mol. The van der Waals surface area contributed by atoms with Crippen molar-refractivity contribution in [1.29, 1.82) is 0 Å². The molecule has 0 aliphatic carbocycles. The molecule has 0 unspecified atom stereocenters. The van der Waals surface area contributed by atoms with E-state index in [-0.39, 0.29) is 12.3 Å². The lowest BCUT2D eigenvalue weighted by atomic mass is 10.0. The first-order chi connectivity index (χ1) is 5.87. The molecule has 4 nitrogen and oxygen atoms in total. The molecule has 2 N–H and O–H groups in total. The third-order valence-electron chi connectivity index (χ3n) is 1.55. The fourth-order valence-corrected chi connectivity index (χ4v) is 1.09. The summed E-state index contributed by atoms with van der Waals surface area (Å²) >= 11 is 0. The number of carboxylic acid groups (broad SMARTS) is 1. The molecule has 0 saturated carbocycles. The van der Waals surface area contributed by atoms with Crippen LogP contribution in [0.4, 0.5) is 0 Å². The van der Waals surface area contributed by atoms with Gasteiger partial charge in [0.05, 0.1) is 6.42 Å². The van der Waals surface area contributed by atoms with E-state index in [4.69, 9.17) is 5.11 Å². The van der Waals surface area contributed by atoms with Gasteiger partial charge in [0.25, 0.3) is 0 Å². The number of hydrogen-bond acceptors (Lipinski definition) is 2. The van der Waals surface area contributed by atoms with Gasteiger partial charge in [0, 0.05) is 12.0 Å². The molecule has 0 rings (SSSR count). The molecule has 0 aromatic rings. The van der Waals surface area contributed by atoms with E-state index >= 15 is 0 Å². The molecule has 0 bridgehead atoms. The summed E-state index contributed by atoms with van der Waals surface area (Å²) in [5.41, 5.74) is -0.655. The van der Waals surface area contributed by atoms with Gasteiger partial charge >= 0.3 is 5.97 Å². The fraction of sp³-hybridized carbons (Fsp3) is 0.778. The first-order valence-corrected chi connectivity index (χ1v) is 4.40. The second-order valence-corrected chi connectivity index (χ2v) is 3.75. The Kier molecular flexibility index (Phi) is 4.45. The average molecular weight is 187 g/mol. The van der Waals surface area contributed by atoms with E-state index in [1.165, 1.54) is 0 Å². The highest BCUT2D eigenvalue weighted by Crippen LogP contribution is 2.08. The van der Waals surface area contributed by atoms with Gasteiger partial charge in [0.2, 0.25) is 5.91 Å². The molecule has 0 radical (unpaired) electrons. The van der Waals surface area contributed by atoms with Gasteiger partial charge in [-0.15, -0.1) is 0 Å². The van der Waals surface area contributed by atoms with E-state index in [1.807, 2.05) is 6.92 Å². The Labute approximate surface area is 78.3 Å². The smallest absolute Gasteiger partial charge is 0.305 e. The van der Waals surface area contributed by atoms with Gasteiger partial charge in [0.1, 0.15) is 0 Å². The standard InChI is InChI=1S/C9H17NO3/c1-4-5-7(11)10-9(2,3)6-8(12)13/h4-6H2,1-3H3,(H,10,11)(H,12,13). The van der Waals surface area contributed by atoms with Crippen molar-refractivity contribution in [3.63, 3.8) is 0 Å². The number of rotatable bonds is 5. The first kappa shape index (κ1) is 11.9. The molecule has 0 atom stereocenters. The summed E-state index contributed by atoms with van der Waals surface area (Å²) in [6.45, 7) is 5.31. The second-order valence-electron chi connectivity index (χ2n) is 3.75. The summed E-state index contributed by atoms with van der Waals surface area (Å²) in [5, 5.41) is 11.2. The number of amides is 1. The zero-order valence-corrected chi connectivity index (χ0v) is 8.39. The van der Waals surface area contributed by atoms with Crippen LogP contribution in [0.25, 0.3) is 0 Å². The minimum Gasteiger partial charge on any atom is -0.481 e. The van der Waals surface area contributed by atoms with Gasteiger partial charge in [0.15, 0.2) is 0 Å². The highest BCUT2D eigenvalue weighted by atomic mass is 16.4. The van der Waals surface area contributed by atoms with Crippen LogP contribution in [-0.4, -0.2) is 22.5 Å². The number of carbonyl (C=O) groups excluding carboxylic acids is 1.